The highest BCUT2D eigenvalue weighted by Gasteiger charge is 2.15. The van der Waals surface area contributed by atoms with Gasteiger partial charge in [0.15, 0.2) is 0 Å². The molecule has 1 aromatic heterocycles. The Bertz CT molecular complexity index is 700. The van der Waals surface area contributed by atoms with Gasteiger partial charge in [0, 0.05) is 34.5 Å². The largest absolute Gasteiger partial charge is 0.410 e. The molecule has 0 fully saturated rings. The number of unbranched alkanes of at least 4 members (excludes halogenated alkanes) is 2. The number of fused-ring (bicyclic) bond motifs is 1. The SMILES string of the molecule is O=C(NCCCCCS)/C(Cc1c[nH]c2ccc(Br)cc12)=N/O. The molecule has 0 spiro atoms. The number of nitrogens with zero attached hydrogens (tertiary/aromatic N) is 1. The molecule has 1 amide bonds. The van der Waals surface area contributed by atoms with Crippen LogP contribution in [0.25, 0.3) is 10.9 Å². The standard InChI is InChI=1S/C16H20BrN3O2S/c17-12-4-5-14-13(9-12)11(10-19-14)8-15(20-22)16(21)18-6-2-1-3-7-23/h4-5,9-10,19,22-23H,1-3,6-8H2,(H,18,21)/b20-15+. The number of nitrogens with one attached hydrogen (secondary N) is 2. The van der Waals surface area contributed by atoms with Gasteiger partial charge >= 0.3 is 0 Å². The molecule has 3 N–H and O–H groups in total. The zero-order valence-electron chi connectivity index (χ0n) is 12.7. The van der Waals surface area contributed by atoms with E-state index in [9.17, 15) is 4.79 Å². The lowest BCUT2D eigenvalue weighted by molar-refractivity contribution is -0.115. The van der Waals surface area contributed by atoms with Crippen molar-refractivity contribution in [2.45, 2.75) is 25.7 Å². The topological polar surface area (TPSA) is 77.5 Å². The third-order valence-electron chi connectivity index (χ3n) is 3.59. The highest BCUT2D eigenvalue weighted by atomic mass is 79.9. The summed E-state index contributed by atoms with van der Waals surface area (Å²) >= 11 is 7.59. The summed E-state index contributed by atoms with van der Waals surface area (Å²) in [6.07, 6.45) is 5.05. The third-order valence-corrected chi connectivity index (χ3v) is 4.40. The summed E-state index contributed by atoms with van der Waals surface area (Å²) < 4.78 is 0.960. The van der Waals surface area contributed by atoms with Crippen LogP contribution in [0.1, 0.15) is 24.8 Å². The summed E-state index contributed by atoms with van der Waals surface area (Å²) in [4.78, 5) is 15.3. The number of hydrogen-bond donors (Lipinski definition) is 4. The average Bonchev–Trinajstić information content (AvgIpc) is 2.94. The number of H-pyrrole nitrogens is 1. The van der Waals surface area contributed by atoms with Gasteiger partial charge in [-0.3, -0.25) is 4.79 Å². The van der Waals surface area contributed by atoms with Gasteiger partial charge in [-0.15, -0.1) is 0 Å². The Kier molecular flexibility index (Phi) is 6.98. The van der Waals surface area contributed by atoms with Gasteiger partial charge in [-0.05, 0) is 42.4 Å². The third kappa shape index (κ3) is 5.00. The zero-order chi connectivity index (χ0) is 16.7. The van der Waals surface area contributed by atoms with Crippen molar-refractivity contribution in [2.75, 3.05) is 12.3 Å². The maximum atomic E-state index is 12.1. The number of halogens is 1. The van der Waals surface area contributed by atoms with E-state index in [-0.39, 0.29) is 18.0 Å². The number of aromatic nitrogens is 1. The Morgan fingerprint density at radius 2 is 2.17 bits per heavy atom. The van der Waals surface area contributed by atoms with Crippen molar-refractivity contribution in [3.63, 3.8) is 0 Å². The van der Waals surface area contributed by atoms with E-state index in [0.717, 1.165) is 46.0 Å². The fourth-order valence-corrected chi connectivity index (χ4v) is 2.94. The van der Waals surface area contributed by atoms with Crippen LogP contribution in [-0.2, 0) is 11.2 Å². The van der Waals surface area contributed by atoms with Gasteiger partial charge in [-0.25, -0.2) is 0 Å². The van der Waals surface area contributed by atoms with Gasteiger partial charge < -0.3 is 15.5 Å². The molecule has 0 aliphatic carbocycles. The molecule has 124 valence electrons. The van der Waals surface area contributed by atoms with Gasteiger partial charge in [0.2, 0.25) is 0 Å². The number of oxime groups is 1. The number of rotatable bonds is 8. The Hall–Kier alpha value is -1.47. The van der Waals surface area contributed by atoms with E-state index in [2.05, 4.69) is 44.0 Å². The first-order valence-electron chi connectivity index (χ1n) is 7.51. The van der Waals surface area contributed by atoms with Crippen LogP contribution in [0.5, 0.6) is 0 Å². The first-order chi connectivity index (χ1) is 11.2. The van der Waals surface area contributed by atoms with Crippen LogP contribution in [0, 0.1) is 0 Å². The van der Waals surface area contributed by atoms with Crippen molar-refractivity contribution >= 4 is 51.1 Å². The van der Waals surface area contributed by atoms with Crippen molar-refractivity contribution in [1.29, 1.82) is 0 Å². The van der Waals surface area contributed by atoms with Crippen molar-refractivity contribution in [3.05, 3.63) is 34.4 Å². The minimum absolute atomic E-state index is 0.111. The number of carbonyl (C=O) groups excluding carboxylic acids is 1. The van der Waals surface area contributed by atoms with Crippen LogP contribution in [0.4, 0.5) is 0 Å². The molecule has 2 rings (SSSR count). The number of amides is 1. The minimum Gasteiger partial charge on any atom is -0.410 e. The van der Waals surface area contributed by atoms with Crippen molar-refractivity contribution in [3.8, 4) is 0 Å². The Labute approximate surface area is 149 Å². The summed E-state index contributed by atoms with van der Waals surface area (Å²) in [6, 6.07) is 5.88. The highest BCUT2D eigenvalue weighted by molar-refractivity contribution is 9.10. The molecule has 2 aromatic rings. The lowest BCUT2D eigenvalue weighted by Crippen LogP contribution is -2.33. The van der Waals surface area contributed by atoms with Crippen LogP contribution in [0.2, 0.25) is 0 Å². The smallest absolute Gasteiger partial charge is 0.269 e. The molecule has 0 aliphatic rings. The maximum Gasteiger partial charge on any atom is 0.269 e. The molecule has 0 radical (unpaired) electrons. The lowest BCUT2D eigenvalue weighted by atomic mass is 10.1. The molecular weight excluding hydrogens is 378 g/mol. The van der Waals surface area contributed by atoms with E-state index in [4.69, 9.17) is 5.21 Å². The van der Waals surface area contributed by atoms with Gasteiger partial charge in [-0.2, -0.15) is 12.6 Å². The molecule has 0 atom stereocenters. The molecule has 0 saturated carbocycles. The van der Waals surface area contributed by atoms with Gasteiger partial charge in [0.05, 0.1) is 0 Å². The summed E-state index contributed by atoms with van der Waals surface area (Å²) in [7, 11) is 0. The van der Waals surface area contributed by atoms with Crippen molar-refractivity contribution in [1.82, 2.24) is 10.3 Å². The molecule has 0 saturated heterocycles. The summed E-state index contributed by atoms with van der Waals surface area (Å²) in [6.45, 7) is 0.574. The minimum atomic E-state index is -0.331. The van der Waals surface area contributed by atoms with Crippen molar-refractivity contribution < 1.29 is 10.0 Å². The van der Waals surface area contributed by atoms with Gasteiger partial charge in [-0.1, -0.05) is 27.5 Å². The number of carbonyl (C=O) groups is 1. The second kappa shape index (κ2) is 8.98. The Balaban J connectivity index is 1.98. The van der Waals surface area contributed by atoms with Crippen LogP contribution < -0.4 is 5.32 Å². The molecule has 0 aliphatic heterocycles. The maximum absolute atomic E-state index is 12.1. The van der Waals surface area contributed by atoms with E-state index in [1.54, 1.807) is 0 Å². The first kappa shape index (κ1) is 17.9. The Morgan fingerprint density at radius 3 is 2.91 bits per heavy atom. The quantitative estimate of drug-likeness (QED) is 0.181. The van der Waals surface area contributed by atoms with Gasteiger partial charge in [0.25, 0.3) is 5.91 Å². The zero-order valence-corrected chi connectivity index (χ0v) is 15.2. The fourth-order valence-electron chi connectivity index (χ4n) is 2.36. The highest BCUT2D eigenvalue weighted by Crippen LogP contribution is 2.23. The molecule has 0 unspecified atom stereocenters. The van der Waals surface area contributed by atoms with E-state index >= 15 is 0 Å². The van der Waals surface area contributed by atoms with Crippen LogP contribution in [-0.4, -0.2) is 34.1 Å². The van der Waals surface area contributed by atoms with E-state index < -0.39 is 0 Å². The normalized spacial score (nSPS) is 11.8. The number of benzene rings is 1. The fraction of sp³-hybridized carbons (Fsp3) is 0.375. The predicted octanol–water partition coefficient (Wildman–Crippen LogP) is 3.52. The molecule has 5 nitrogen and oxygen atoms in total. The molecule has 0 bridgehead atoms. The van der Waals surface area contributed by atoms with Crippen molar-refractivity contribution in [2.24, 2.45) is 5.16 Å². The number of hydrogen-bond acceptors (Lipinski definition) is 4. The monoisotopic (exact) mass is 397 g/mol. The number of thiol groups is 1. The molecule has 23 heavy (non-hydrogen) atoms. The molecular formula is C16H20BrN3O2S. The van der Waals surface area contributed by atoms with Crippen LogP contribution in [0.3, 0.4) is 0 Å². The predicted molar refractivity (Wildman–Crippen MR) is 99.6 cm³/mol. The van der Waals surface area contributed by atoms with E-state index in [1.807, 2.05) is 24.4 Å². The summed E-state index contributed by atoms with van der Waals surface area (Å²) in [5.41, 5.74) is 2.01. The van der Waals surface area contributed by atoms with Crippen LogP contribution >= 0.6 is 28.6 Å². The molecule has 1 aromatic carbocycles. The molecule has 1 heterocycles. The first-order valence-corrected chi connectivity index (χ1v) is 8.93. The second-order valence-electron chi connectivity index (χ2n) is 5.27. The van der Waals surface area contributed by atoms with Gasteiger partial charge in [0.1, 0.15) is 5.71 Å². The molecule has 7 heteroatoms. The number of aromatic amines is 1. The van der Waals surface area contributed by atoms with E-state index in [0.29, 0.717) is 6.54 Å². The van der Waals surface area contributed by atoms with Crippen LogP contribution in [0.15, 0.2) is 34.0 Å². The summed E-state index contributed by atoms with van der Waals surface area (Å²) in [5.74, 6) is 0.524. The lowest BCUT2D eigenvalue weighted by Gasteiger charge is -2.06. The second-order valence-corrected chi connectivity index (χ2v) is 6.63. The average molecular weight is 398 g/mol. The Morgan fingerprint density at radius 1 is 1.35 bits per heavy atom. The summed E-state index contributed by atoms with van der Waals surface area (Å²) in [5, 5.41) is 16.1. The van der Waals surface area contributed by atoms with E-state index in [1.165, 1.54) is 0 Å².